The smallest absolute Gasteiger partial charge is 0.170 e. The van der Waals surface area contributed by atoms with Gasteiger partial charge in [0.1, 0.15) is 3.70 Å². The molecular weight excluding hydrogens is 255 g/mol. The highest BCUT2D eigenvalue weighted by molar-refractivity contribution is 14.1. The summed E-state index contributed by atoms with van der Waals surface area (Å²) in [5, 5.41) is 4.16. The Bertz CT molecular complexity index is 234. The van der Waals surface area contributed by atoms with E-state index in [4.69, 9.17) is 4.74 Å². The summed E-state index contributed by atoms with van der Waals surface area (Å²) in [7, 11) is 1.66. The number of ether oxygens (including phenoxy) is 1. The fraction of sp³-hybridized carbons (Fsp3) is 0.571. The fourth-order valence-electron chi connectivity index (χ4n) is 0.858. The molecule has 3 nitrogen and oxygen atoms in total. The molecule has 1 heterocycles. The molecule has 0 aliphatic heterocycles. The maximum Gasteiger partial charge on any atom is 0.170 e. The van der Waals surface area contributed by atoms with Gasteiger partial charge in [0, 0.05) is 6.54 Å². The lowest BCUT2D eigenvalue weighted by Gasteiger charge is -1.99. The Kier molecular flexibility index (Phi) is 3.16. The number of hydrogen-bond acceptors (Lipinski definition) is 2. The van der Waals surface area contributed by atoms with Gasteiger partial charge in [-0.3, -0.25) is 4.68 Å². The molecule has 0 aromatic carbocycles. The van der Waals surface area contributed by atoms with Crippen molar-refractivity contribution in [2.24, 2.45) is 0 Å². The molecule has 0 radical (unpaired) electrons. The molecule has 0 unspecified atom stereocenters. The first-order chi connectivity index (χ1) is 5.29. The molecule has 11 heavy (non-hydrogen) atoms. The van der Waals surface area contributed by atoms with Crippen molar-refractivity contribution in [1.29, 1.82) is 0 Å². The Labute approximate surface area is 79.9 Å². The summed E-state index contributed by atoms with van der Waals surface area (Å²) in [5.41, 5.74) is 0. The lowest BCUT2D eigenvalue weighted by molar-refractivity contribution is 0.409. The molecular formula is C7H11IN2O. The van der Waals surface area contributed by atoms with Crippen molar-refractivity contribution >= 4 is 22.6 Å². The molecule has 62 valence electrons. The molecule has 0 N–H and O–H groups in total. The number of aryl methyl sites for hydroxylation is 1. The first-order valence-electron chi connectivity index (χ1n) is 3.55. The average molecular weight is 266 g/mol. The Morgan fingerprint density at radius 2 is 2.45 bits per heavy atom. The molecule has 0 aliphatic carbocycles. The summed E-state index contributed by atoms with van der Waals surface area (Å²) in [6, 6.07) is 0. The Morgan fingerprint density at radius 1 is 1.73 bits per heavy atom. The SMILES string of the molecule is CCCn1ncc(OC)c1I. The van der Waals surface area contributed by atoms with E-state index in [2.05, 4.69) is 34.6 Å². The quantitative estimate of drug-likeness (QED) is 0.781. The minimum atomic E-state index is 0.860. The van der Waals surface area contributed by atoms with E-state index in [1.165, 1.54) is 0 Å². The summed E-state index contributed by atoms with van der Waals surface area (Å²) < 4.78 is 8.10. The average Bonchev–Trinajstić information content (AvgIpc) is 2.34. The van der Waals surface area contributed by atoms with Crippen molar-refractivity contribution in [3.05, 3.63) is 9.90 Å². The molecule has 1 rings (SSSR count). The Balaban J connectivity index is 2.82. The van der Waals surface area contributed by atoms with Gasteiger partial charge in [-0.1, -0.05) is 6.92 Å². The zero-order chi connectivity index (χ0) is 8.27. The van der Waals surface area contributed by atoms with Crippen LogP contribution in [0.1, 0.15) is 13.3 Å². The van der Waals surface area contributed by atoms with Gasteiger partial charge in [0.05, 0.1) is 13.3 Å². The molecule has 0 amide bonds. The van der Waals surface area contributed by atoms with Gasteiger partial charge in [0.25, 0.3) is 0 Å². The van der Waals surface area contributed by atoms with E-state index in [1.54, 1.807) is 13.3 Å². The van der Waals surface area contributed by atoms with E-state index < -0.39 is 0 Å². The number of nitrogens with zero attached hydrogens (tertiary/aromatic N) is 2. The largest absolute Gasteiger partial charge is 0.492 e. The van der Waals surface area contributed by atoms with Crippen LogP contribution in [0.5, 0.6) is 5.75 Å². The number of aromatic nitrogens is 2. The number of hydrogen-bond donors (Lipinski definition) is 0. The molecule has 0 saturated heterocycles. The molecule has 1 aromatic heterocycles. The summed E-state index contributed by atoms with van der Waals surface area (Å²) in [4.78, 5) is 0. The van der Waals surface area contributed by atoms with Gasteiger partial charge in [-0.2, -0.15) is 5.10 Å². The van der Waals surface area contributed by atoms with Gasteiger partial charge in [-0.15, -0.1) is 0 Å². The van der Waals surface area contributed by atoms with Gasteiger partial charge >= 0.3 is 0 Å². The summed E-state index contributed by atoms with van der Waals surface area (Å²) in [6.45, 7) is 3.09. The first kappa shape index (κ1) is 8.83. The van der Waals surface area contributed by atoms with Gasteiger partial charge < -0.3 is 4.74 Å². The van der Waals surface area contributed by atoms with Crippen molar-refractivity contribution in [1.82, 2.24) is 9.78 Å². The van der Waals surface area contributed by atoms with Crippen LogP contribution in [0.4, 0.5) is 0 Å². The molecule has 0 atom stereocenters. The number of halogens is 1. The van der Waals surface area contributed by atoms with Crippen molar-refractivity contribution in [3.8, 4) is 5.75 Å². The van der Waals surface area contributed by atoms with E-state index in [0.717, 1.165) is 22.4 Å². The van der Waals surface area contributed by atoms with Crippen molar-refractivity contribution in [2.45, 2.75) is 19.9 Å². The van der Waals surface area contributed by atoms with E-state index in [-0.39, 0.29) is 0 Å². The minimum absolute atomic E-state index is 0.860. The highest BCUT2D eigenvalue weighted by atomic mass is 127. The van der Waals surface area contributed by atoms with Crippen molar-refractivity contribution < 1.29 is 4.74 Å². The predicted molar refractivity (Wildman–Crippen MR) is 51.8 cm³/mol. The monoisotopic (exact) mass is 266 g/mol. The van der Waals surface area contributed by atoms with Crippen molar-refractivity contribution in [2.75, 3.05) is 7.11 Å². The van der Waals surface area contributed by atoms with Crippen LogP contribution in [-0.2, 0) is 6.54 Å². The molecule has 0 aliphatic rings. The second-order valence-corrected chi connectivity index (χ2v) is 3.25. The Morgan fingerprint density at radius 3 is 2.91 bits per heavy atom. The molecule has 4 heteroatoms. The molecule has 0 saturated carbocycles. The molecule has 0 bridgehead atoms. The van der Waals surface area contributed by atoms with Crippen LogP contribution in [0.2, 0.25) is 0 Å². The van der Waals surface area contributed by atoms with Gasteiger partial charge in [-0.25, -0.2) is 0 Å². The molecule has 0 fully saturated rings. The van der Waals surface area contributed by atoms with E-state index in [9.17, 15) is 0 Å². The molecule has 0 spiro atoms. The van der Waals surface area contributed by atoms with Crippen LogP contribution in [0.25, 0.3) is 0 Å². The topological polar surface area (TPSA) is 27.1 Å². The number of methoxy groups -OCH3 is 1. The normalized spacial score (nSPS) is 10.1. The van der Waals surface area contributed by atoms with Gasteiger partial charge in [-0.05, 0) is 29.0 Å². The second kappa shape index (κ2) is 3.94. The van der Waals surface area contributed by atoms with E-state index in [1.807, 2.05) is 4.68 Å². The number of rotatable bonds is 3. The highest BCUT2D eigenvalue weighted by Crippen LogP contribution is 2.19. The summed E-state index contributed by atoms with van der Waals surface area (Å²) in [5.74, 6) is 0.860. The van der Waals surface area contributed by atoms with Crippen LogP contribution < -0.4 is 4.74 Å². The highest BCUT2D eigenvalue weighted by Gasteiger charge is 2.05. The van der Waals surface area contributed by atoms with E-state index >= 15 is 0 Å². The van der Waals surface area contributed by atoms with Gasteiger partial charge in [0.2, 0.25) is 0 Å². The minimum Gasteiger partial charge on any atom is -0.492 e. The second-order valence-electron chi connectivity index (χ2n) is 2.23. The maximum absolute atomic E-state index is 5.08. The van der Waals surface area contributed by atoms with Crippen LogP contribution in [0.15, 0.2) is 6.20 Å². The fourth-order valence-corrected chi connectivity index (χ4v) is 1.58. The predicted octanol–water partition coefficient (Wildman–Crippen LogP) is 1.91. The van der Waals surface area contributed by atoms with Gasteiger partial charge in [0.15, 0.2) is 5.75 Å². The zero-order valence-electron chi connectivity index (χ0n) is 6.67. The third-order valence-electron chi connectivity index (χ3n) is 1.40. The van der Waals surface area contributed by atoms with Crippen molar-refractivity contribution in [3.63, 3.8) is 0 Å². The first-order valence-corrected chi connectivity index (χ1v) is 4.62. The van der Waals surface area contributed by atoms with Crippen LogP contribution in [0.3, 0.4) is 0 Å². The lowest BCUT2D eigenvalue weighted by atomic mass is 10.5. The maximum atomic E-state index is 5.08. The van der Waals surface area contributed by atoms with Crippen LogP contribution in [-0.4, -0.2) is 16.9 Å². The Hall–Kier alpha value is -0.260. The third kappa shape index (κ3) is 1.85. The van der Waals surface area contributed by atoms with E-state index in [0.29, 0.717) is 0 Å². The van der Waals surface area contributed by atoms with Crippen LogP contribution in [0, 0.1) is 3.70 Å². The van der Waals surface area contributed by atoms with Crippen LogP contribution >= 0.6 is 22.6 Å². The summed E-state index contributed by atoms with van der Waals surface area (Å²) >= 11 is 2.23. The lowest BCUT2D eigenvalue weighted by Crippen LogP contribution is -2.00. The summed E-state index contributed by atoms with van der Waals surface area (Å²) in [6.07, 6.45) is 2.85. The standard InChI is InChI=1S/C7H11IN2O/c1-3-4-10-7(8)6(11-2)5-9-10/h5H,3-4H2,1-2H3. The molecule has 1 aromatic rings. The third-order valence-corrected chi connectivity index (χ3v) is 2.49. The zero-order valence-corrected chi connectivity index (χ0v) is 8.83.